The highest BCUT2D eigenvalue weighted by molar-refractivity contribution is 8.44. The van der Waals surface area contributed by atoms with Crippen LogP contribution in [0.2, 0.25) is 0 Å². The second-order valence-electron chi connectivity index (χ2n) is 10.2. The van der Waals surface area contributed by atoms with E-state index in [2.05, 4.69) is 32.2 Å². The molecule has 3 aliphatic rings. The van der Waals surface area contributed by atoms with Crippen LogP contribution in [0.25, 0.3) is 22.2 Å². The molecule has 1 aromatic carbocycles. The van der Waals surface area contributed by atoms with Crippen molar-refractivity contribution in [2.75, 3.05) is 18.9 Å². The van der Waals surface area contributed by atoms with E-state index >= 15 is 0 Å². The van der Waals surface area contributed by atoms with Crippen molar-refractivity contribution < 1.29 is 47.2 Å². The van der Waals surface area contributed by atoms with E-state index < -0.39 is 81.4 Å². The smallest absolute Gasteiger partial charge is 0.386 e. The minimum Gasteiger partial charge on any atom is -0.387 e. The van der Waals surface area contributed by atoms with Gasteiger partial charge >= 0.3 is 13.5 Å². The van der Waals surface area contributed by atoms with Crippen LogP contribution in [0, 0.1) is 0 Å². The fourth-order valence-electron chi connectivity index (χ4n) is 5.42. The van der Waals surface area contributed by atoms with Gasteiger partial charge in [-0.05, 0) is 23.9 Å². The maximum atomic E-state index is 13.4. The Morgan fingerprint density at radius 2 is 1.73 bits per heavy atom. The molecule has 7 rings (SSSR count). The van der Waals surface area contributed by atoms with Gasteiger partial charge in [0.15, 0.2) is 23.6 Å². The third kappa shape index (κ3) is 5.43. The molecule has 236 valence electrons. The number of hydrogen-bond donors (Lipinski definition) is 6. The van der Waals surface area contributed by atoms with Crippen molar-refractivity contribution in [1.29, 1.82) is 0 Å². The Bertz CT molecular complexity index is 1890. The Kier molecular flexibility index (Phi) is 7.73. The lowest BCUT2D eigenvalue weighted by molar-refractivity contribution is -0.0593. The monoisotopic (exact) mass is 689 g/mol. The summed E-state index contributed by atoms with van der Waals surface area (Å²) in [5.41, 5.74) is 6.27. The van der Waals surface area contributed by atoms with E-state index in [0.29, 0.717) is 11.0 Å². The van der Waals surface area contributed by atoms with Crippen LogP contribution in [0.1, 0.15) is 12.5 Å². The second-order valence-corrected chi connectivity index (χ2v) is 15.9. The molecule has 0 spiro atoms. The maximum absolute atomic E-state index is 13.4. The zero-order valence-corrected chi connectivity index (χ0v) is 25.7. The molecule has 0 saturated carbocycles. The summed E-state index contributed by atoms with van der Waals surface area (Å²) in [4.78, 5) is 38.1. The Morgan fingerprint density at radius 1 is 1.00 bits per heavy atom. The van der Waals surface area contributed by atoms with Crippen molar-refractivity contribution in [1.82, 2.24) is 29.1 Å². The van der Waals surface area contributed by atoms with Crippen molar-refractivity contribution in [3.05, 3.63) is 47.3 Å². The fraction of sp³-hybridized carbons (Fsp3) is 0.455. The summed E-state index contributed by atoms with van der Waals surface area (Å²) in [5, 5.41) is 22.4. The van der Waals surface area contributed by atoms with Gasteiger partial charge in [0.2, 0.25) is 5.95 Å². The van der Waals surface area contributed by atoms with E-state index in [1.54, 1.807) is 28.8 Å². The highest BCUT2D eigenvalue weighted by atomic mass is 32.7. The third-order valence-corrected chi connectivity index (χ3v) is 10.6. The summed E-state index contributed by atoms with van der Waals surface area (Å²) >= 11 is 9.35. The van der Waals surface area contributed by atoms with Gasteiger partial charge in [-0.1, -0.05) is 24.4 Å². The zero-order valence-electron chi connectivity index (χ0n) is 22.2. The summed E-state index contributed by atoms with van der Waals surface area (Å²) in [6.45, 7) is -9.46. The van der Waals surface area contributed by atoms with Gasteiger partial charge in [0.05, 0.1) is 36.9 Å². The summed E-state index contributed by atoms with van der Waals surface area (Å²) in [7, 11) is 0. The molecular formula is C22H25N7O11P2S2. The first-order chi connectivity index (χ1) is 20.9. The number of aliphatic hydroxyl groups excluding tert-OH is 2. The first-order valence-electron chi connectivity index (χ1n) is 13.0. The molecule has 6 heterocycles. The van der Waals surface area contributed by atoms with Gasteiger partial charge in [0.25, 0.3) is 5.56 Å². The molecule has 6 N–H and O–H groups in total. The van der Waals surface area contributed by atoms with E-state index in [9.17, 15) is 24.5 Å². The van der Waals surface area contributed by atoms with Crippen LogP contribution >= 0.6 is 25.8 Å². The molecule has 0 aliphatic carbocycles. The number of anilines is 1. The van der Waals surface area contributed by atoms with Crippen molar-refractivity contribution in [3.63, 3.8) is 0 Å². The molecule has 3 fully saturated rings. The van der Waals surface area contributed by atoms with Crippen LogP contribution in [-0.4, -0.2) is 94.0 Å². The number of benzene rings is 1. The van der Waals surface area contributed by atoms with E-state index in [1.165, 1.54) is 17.2 Å². The predicted octanol–water partition coefficient (Wildman–Crippen LogP) is 0.340. The fourth-order valence-corrected chi connectivity index (χ4v) is 8.33. The maximum Gasteiger partial charge on any atom is 0.386 e. The van der Waals surface area contributed by atoms with Gasteiger partial charge < -0.3 is 39.4 Å². The molecule has 4 unspecified atom stereocenters. The van der Waals surface area contributed by atoms with E-state index in [0.717, 1.165) is 0 Å². The van der Waals surface area contributed by atoms with Crippen LogP contribution in [0.3, 0.4) is 0 Å². The summed E-state index contributed by atoms with van der Waals surface area (Å²) in [6, 6.07) is 7.15. The standard InChI is InChI=1S/C22H25N7O11P2S2/c23-22-26-18-13(19(32)27-22)25-8-29(18)20-15(31)16-12(38-20)6-36-42(34,44)40-17-14(30)11(5-35-41(33,43)39-16)37-21(17)28-7-24-9-3-1-2-4-10(9)28/h1-4,7-8,11-12,14-17,20-21,30-31H,5-6H2,(H,33,43)(H,34,44)(H3,23,26,27,32)/t11-,12-,14+,15+,16?,17?,20-,21-,41?,42?/m1/s1. The number of nitrogen functional groups attached to an aromatic ring is 1. The molecule has 0 amide bonds. The number of aromatic nitrogens is 6. The summed E-state index contributed by atoms with van der Waals surface area (Å²) < 4.78 is 50.8. The molecule has 2 bridgehead atoms. The molecule has 0 radical (unpaired) electrons. The van der Waals surface area contributed by atoms with Gasteiger partial charge in [0.1, 0.15) is 36.6 Å². The Labute approximate surface area is 257 Å². The average molecular weight is 690 g/mol. The molecule has 4 aromatic rings. The zero-order chi connectivity index (χ0) is 31.0. The Hall–Kier alpha value is -2.29. The molecule has 22 heteroatoms. The predicted molar refractivity (Wildman–Crippen MR) is 157 cm³/mol. The van der Waals surface area contributed by atoms with Gasteiger partial charge in [-0.2, -0.15) is 4.98 Å². The first kappa shape index (κ1) is 30.4. The summed E-state index contributed by atoms with van der Waals surface area (Å²) in [6.07, 6.45) is -7.76. The Balaban J connectivity index is 1.20. The van der Waals surface area contributed by atoms with E-state index in [4.69, 9.17) is 45.1 Å². The van der Waals surface area contributed by atoms with Gasteiger partial charge in [-0.3, -0.25) is 27.9 Å². The van der Waals surface area contributed by atoms with E-state index in [1.807, 2.05) is 0 Å². The minimum absolute atomic E-state index is 0.00767. The third-order valence-electron chi connectivity index (χ3n) is 7.42. The average Bonchev–Trinajstić information content (AvgIpc) is 3.72. The number of nitrogens with one attached hydrogen (secondary N) is 1. The van der Waals surface area contributed by atoms with Gasteiger partial charge in [-0.25, -0.2) is 14.5 Å². The molecule has 18 nitrogen and oxygen atoms in total. The number of H-pyrrole nitrogens is 1. The number of hydrogen-bond acceptors (Lipinski definition) is 15. The van der Waals surface area contributed by atoms with Crippen LogP contribution in [0.4, 0.5) is 5.95 Å². The second kappa shape index (κ2) is 11.2. The number of imidazole rings is 2. The molecule has 3 aromatic heterocycles. The summed E-state index contributed by atoms with van der Waals surface area (Å²) in [5.74, 6) is -0.203. The SMILES string of the molecule is Nc1nc2c(ncn2[C@@H]2O[C@@H]3COP(O)(=S)OC4[C@@H](O)[C@@H](COP(=O)(S)OC3[C@@H]2O)O[C@H]4n2cnc3ccccc32)c(=O)[nH]1. The number of ether oxygens (including phenoxy) is 2. The van der Waals surface area contributed by atoms with Crippen LogP contribution < -0.4 is 11.3 Å². The lowest BCUT2D eigenvalue weighted by Crippen LogP contribution is -2.36. The number of thiol groups is 1. The first-order valence-corrected chi connectivity index (χ1v) is 18.3. The topological polar surface area (TPSA) is 241 Å². The quantitative estimate of drug-likeness (QED) is 0.123. The molecule has 44 heavy (non-hydrogen) atoms. The number of nitrogens with two attached hydrogens (primary N) is 1. The van der Waals surface area contributed by atoms with Crippen LogP contribution in [-0.2, 0) is 43.9 Å². The van der Waals surface area contributed by atoms with Crippen molar-refractivity contribution in [3.8, 4) is 0 Å². The van der Waals surface area contributed by atoms with E-state index in [-0.39, 0.29) is 17.1 Å². The minimum atomic E-state index is -4.28. The van der Waals surface area contributed by atoms with Crippen LogP contribution in [0.5, 0.6) is 0 Å². The number of rotatable bonds is 2. The van der Waals surface area contributed by atoms with Crippen molar-refractivity contribution in [2.45, 2.75) is 49.1 Å². The van der Waals surface area contributed by atoms with Gasteiger partial charge in [-0.15, -0.1) is 0 Å². The number of fused-ring (bicyclic) bond motifs is 5. The highest BCUT2D eigenvalue weighted by Gasteiger charge is 2.52. The Morgan fingerprint density at radius 3 is 2.55 bits per heavy atom. The number of aliphatic hydroxyl groups is 2. The number of nitrogens with zero attached hydrogens (tertiary/aromatic N) is 5. The normalized spacial score (nSPS) is 38.3. The van der Waals surface area contributed by atoms with Gasteiger partial charge in [0, 0.05) is 0 Å². The molecular weight excluding hydrogens is 664 g/mol. The largest absolute Gasteiger partial charge is 0.387 e. The number of aromatic amines is 1. The van der Waals surface area contributed by atoms with Crippen LogP contribution in [0.15, 0.2) is 41.7 Å². The molecule has 10 atom stereocenters. The van der Waals surface area contributed by atoms with Crippen molar-refractivity contribution in [2.24, 2.45) is 0 Å². The number of para-hydroxylation sites is 2. The molecule has 3 aliphatic heterocycles. The molecule has 3 saturated heterocycles. The highest BCUT2D eigenvalue weighted by Crippen LogP contribution is 2.58. The lowest BCUT2D eigenvalue weighted by Gasteiger charge is -2.27. The van der Waals surface area contributed by atoms with Crippen molar-refractivity contribution >= 4 is 65.7 Å². The lowest BCUT2D eigenvalue weighted by atomic mass is 10.1.